The van der Waals surface area contributed by atoms with Gasteiger partial charge in [-0.1, -0.05) is 27.7 Å². The molecule has 1 aliphatic carbocycles. The van der Waals surface area contributed by atoms with Gasteiger partial charge >= 0.3 is 12.0 Å². The molecule has 1 heterocycles. The van der Waals surface area contributed by atoms with Crippen LogP contribution in [-0.4, -0.2) is 41.6 Å². The van der Waals surface area contributed by atoms with Gasteiger partial charge in [-0.2, -0.15) is 0 Å². The zero-order valence-corrected chi connectivity index (χ0v) is 13.1. The minimum absolute atomic E-state index is 0.131. The van der Waals surface area contributed by atoms with Crippen molar-refractivity contribution in [3.63, 3.8) is 0 Å². The molecule has 2 aliphatic rings. The first-order chi connectivity index (χ1) is 9.02. The lowest BCUT2D eigenvalue weighted by Gasteiger charge is -2.20. The number of rotatable bonds is 3. The Hall–Kier alpha value is -1.26. The molecule has 5 nitrogen and oxygen atoms in total. The second-order valence-corrected chi connectivity index (χ2v) is 7.72. The maximum Gasteiger partial charge on any atom is 0.317 e. The average molecular weight is 282 g/mol. The van der Waals surface area contributed by atoms with E-state index in [-0.39, 0.29) is 16.9 Å². The van der Waals surface area contributed by atoms with Gasteiger partial charge in [0.25, 0.3) is 0 Å². The van der Waals surface area contributed by atoms with Crippen LogP contribution in [0.3, 0.4) is 0 Å². The molecule has 2 rings (SSSR count). The molecule has 1 saturated carbocycles. The highest BCUT2D eigenvalue weighted by molar-refractivity contribution is 5.79. The SMILES string of the molecule is CC1(C(=O)O)CCN(C(=O)NCC2C(C)(C)C2(C)C)C1. The number of hydrogen-bond donors (Lipinski definition) is 2. The molecule has 1 saturated heterocycles. The van der Waals surface area contributed by atoms with Crippen LogP contribution in [0, 0.1) is 22.2 Å². The number of carbonyl (C=O) groups excluding carboxylic acids is 1. The summed E-state index contributed by atoms with van der Waals surface area (Å²) in [5.74, 6) is -0.343. The van der Waals surface area contributed by atoms with Gasteiger partial charge in [-0.25, -0.2) is 4.79 Å². The quantitative estimate of drug-likeness (QED) is 0.833. The number of nitrogens with one attached hydrogen (secondary N) is 1. The Balaban J connectivity index is 1.85. The standard InChI is InChI=1S/C15H26N2O3/c1-13(2)10(14(13,3)4)8-16-12(20)17-7-6-15(5,9-17)11(18)19/h10H,6-9H2,1-5H3,(H,16,20)(H,18,19). The number of amides is 2. The zero-order valence-electron chi connectivity index (χ0n) is 13.1. The molecule has 0 spiro atoms. The van der Waals surface area contributed by atoms with E-state index in [0.717, 1.165) is 0 Å². The Morgan fingerprint density at radius 3 is 2.15 bits per heavy atom. The Bertz CT molecular complexity index is 430. The molecule has 2 N–H and O–H groups in total. The topological polar surface area (TPSA) is 69.6 Å². The third-order valence-corrected chi connectivity index (χ3v) is 6.05. The highest BCUT2D eigenvalue weighted by Crippen LogP contribution is 2.67. The summed E-state index contributed by atoms with van der Waals surface area (Å²) in [6.07, 6.45) is 0.524. The van der Waals surface area contributed by atoms with Gasteiger partial charge in [0.15, 0.2) is 0 Å². The first kappa shape index (κ1) is 15.1. The van der Waals surface area contributed by atoms with Crippen molar-refractivity contribution < 1.29 is 14.7 Å². The van der Waals surface area contributed by atoms with Crippen molar-refractivity contribution in [2.45, 2.75) is 41.0 Å². The van der Waals surface area contributed by atoms with Crippen LogP contribution in [0.2, 0.25) is 0 Å². The van der Waals surface area contributed by atoms with Crippen molar-refractivity contribution in [1.82, 2.24) is 10.2 Å². The third-order valence-electron chi connectivity index (χ3n) is 6.05. The molecule has 0 aromatic rings. The van der Waals surface area contributed by atoms with Crippen LogP contribution in [0.4, 0.5) is 4.79 Å². The number of carboxylic acids is 1. The van der Waals surface area contributed by atoms with Gasteiger partial charge in [0.2, 0.25) is 0 Å². The number of aliphatic carboxylic acids is 1. The summed E-state index contributed by atoms with van der Waals surface area (Å²) < 4.78 is 0. The maximum absolute atomic E-state index is 12.1. The molecular weight excluding hydrogens is 256 g/mol. The van der Waals surface area contributed by atoms with Crippen LogP contribution in [0.25, 0.3) is 0 Å². The van der Waals surface area contributed by atoms with Crippen LogP contribution in [0.1, 0.15) is 41.0 Å². The largest absolute Gasteiger partial charge is 0.481 e. The summed E-state index contributed by atoms with van der Waals surface area (Å²) in [6.45, 7) is 12.1. The van der Waals surface area contributed by atoms with Gasteiger partial charge in [0.1, 0.15) is 0 Å². The number of carbonyl (C=O) groups is 2. The van der Waals surface area contributed by atoms with E-state index < -0.39 is 11.4 Å². The first-order valence-corrected chi connectivity index (χ1v) is 7.28. The second kappa shape index (κ2) is 4.37. The highest BCUT2D eigenvalue weighted by atomic mass is 16.4. The van der Waals surface area contributed by atoms with E-state index in [2.05, 4.69) is 33.0 Å². The fraction of sp³-hybridized carbons (Fsp3) is 0.867. The minimum Gasteiger partial charge on any atom is -0.481 e. The van der Waals surface area contributed by atoms with Crippen molar-refractivity contribution in [3.05, 3.63) is 0 Å². The third kappa shape index (κ3) is 2.17. The van der Waals surface area contributed by atoms with Crippen molar-refractivity contribution >= 4 is 12.0 Å². The number of hydrogen-bond acceptors (Lipinski definition) is 2. The molecule has 20 heavy (non-hydrogen) atoms. The molecule has 114 valence electrons. The van der Waals surface area contributed by atoms with Crippen LogP contribution < -0.4 is 5.32 Å². The lowest BCUT2D eigenvalue weighted by Crippen LogP contribution is -2.41. The highest BCUT2D eigenvalue weighted by Gasteiger charge is 2.64. The molecule has 5 heteroatoms. The Kier molecular flexibility index (Phi) is 3.30. The average Bonchev–Trinajstić information content (AvgIpc) is 2.67. The monoisotopic (exact) mass is 282 g/mol. The molecule has 0 aromatic heterocycles. The lowest BCUT2D eigenvalue weighted by molar-refractivity contribution is -0.146. The number of nitrogens with zero attached hydrogens (tertiary/aromatic N) is 1. The van der Waals surface area contributed by atoms with Gasteiger partial charge in [0.05, 0.1) is 5.41 Å². The number of urea groups is 1. The van der Waals surface area contributed by atoms with E-state index in [9.17, 15) is 14.7 Å². The molecule has 0 radical (unpaired) electrons. The van der Waals surface area contributed by atoms with Crippen LogP contribution >= 0.6 is 0 Å². The van der Waals surface area contributed by atoms with E-state index in [1.807, 2.05) is 0 Å². The van der Waals surface area contributed by atoms with Crippen molar-refractivity contribution in [3.8, 4) is 0 Å². The minimum atomic E-state index is -0.822. The maximum atomic E-state index is 12.1. The van der Waals surface area contributed by atoms with E-state index in [1.165, 1.54) is 0 Å². The van der Waals surface area contributed by atoms with Crippen molar-refractivity contribution in [1.29, 1.82) is 0 Å². The summed E-state index contributed by atoms with van der Waals surface area (Å²) in [5, 5.41) is 12.1. The summed E-state index contributed by atoms with van der Waals surface area (Å²) in [5.41, 5.74) is -0.294. The number of carboxylic acid groups (broad SMARTS) is 1. The Morgan fingerprint density at radius 1 is 1.20 bits per heavy atom. The molecule has 2 amide bonds. The van der Waals surface area contributed by atoms with Gasteiger partial charge in [-0.05, 0) is 30.1 Å². The second-order valence-electron chi connectivity index (χ2n) is 7.72. The van der Waals surface area contributed by atoms with E-state index in [4.69, 9.17) is 0 Å². The Morgan fingerprint density at radius 2 is 1.75 bits per heavy atom. The predicted octanol–water partition coefficient (Wildman–Crippen LogP) is 2.17. The van der Waals surface area contributed by atoms with Crippen LogP contribution in [0.5, 0.6) is 0 Å². The van der Waals surface area contributed by atoms with Crippen molar-refractivity contribution in [2.24, 2.45) is 22.2 Å². The lowest BCUT2D eigenvalue weighted by atomic mass is 9.90. The Labute approximate surface area is 120 Å². The van der Waals surface area contributed by atoms with E-state index >= 15 is 0 Å². The van der Waals surface area contributed by atoms with Gasteiger partial charge in [0, 0.05) is 19.6 Å². The fourth-order valence-electron chi connectivity index (χ4n) is 3.45. The number of likely N-dealkylation sites (tertiary alicyclic amines) is 1. The molecule has 0 aromatic carbocycles. The van der Waals surface area contributed by atoms with Gasteiger partial charge in [-0.15, -0.1) is 0 Å². The molecule has 1 atom stereocenters. The zero-order chi connectivity index (χ0) is 15.3. The van der Waals surface area contributed by atoms with Crippen LogP contribution in [0.15, 0.2) is 0 Å². The predicted molar refractivity (Wildman–Crippen MR) is 76.4 cm³/mol. The summed E-state index contributed by atoms with van der Waals surface area (Å²) >= 11 is 0. The van der Waals surface area contributed by atoms with Crippen molar-refractivity contribution in [2.75, 3.05) is 19.6 Å². The summed E-state index contributed by atoms with van der Waals surface area (Å²) in [6, 6.07) is -0.131. The van der Waals surface area contributed by atoms with Crippen LogP contribution in [-0.2, 0) is 4.79 Å². The van der Waals surface area contributed by atoms with Gasteiger partial charge < -0.3 is 15.3 Å². The normalized spacial score (nSPS) is 31.1. The van der Waals surface area contributed by atoms with E-state index in [1.54, 1.807) is 11.8 Å². The van der Waals surface area contributed by atoms with Gasteiger partial charge in [-0.3, -0.25) is 4.79 Å². The fourth-order valence-corrected chi connectivity index (χ4v) is 3.45. The molecule has 1 aliphatic heterocycles. The molecule has 2 fully saturated rings. The molecular formula is C15H26N2O3. The first-order valence-electron chi connectivity index (χ1n) is 7.28. The molecule has 1 unspecified atom stereocenters. The summed E-state index contributed by atoms with van der Waals surface area (Å²) in [4.78, 5) is 24.9. The van der Waals surface area contributed by atoms with E-state index in [0.29, 0.717) is 32.0 Å². The smallest absolute Gasteiger partial charge is 0.317 e. The molecule has 0 bridgehead atoms. The summed E-state index contributed by atoms with van der Waals surface area (Å²) in [7, 11) is 0.